The molecule has 0 aliphatic heterocycles. The minimum atomic E-state index is -2.24. The van der Waals surface area contributed by atoms with Crippen molar-refractivity contribution in [1.29, 1.82) is 0 Å². The van der Waals surface area contributed by atoms with Crippen LogP contribution in [0.3, 0.4) is 0 Å². The lowest BCUT2D eigenvalue weighted by atomic mass is 10.3. The average molecular weight is 317 g/mol. The summed E-state index contributed by atoms with van der Waals surface area (Å²) in [5, 5.41) is 1.02. The first-order valence-corrected chi connectivity index (χ1v) is 9.05. The van der Waals surface area contributed by atoms with Crippen LogP contribution in [0.25, 0.3) is 0 Å². The third kappa shape index (κ3) is 4.60. The standard InChI is InChI=1S/C14H22BrOP/c1-11(2)9-17(16,10-12(3)4)14-7-5-6-13(15)8-14/h5-8,11-12H,9-10H2,1-4H3. The second-order valence-electron chi connectivity index (χ2n) is 5.52. The summed E-state index contributed by atoms with van der Waals surface area (Å²) >= 11 is 3.47. The molecule has 1 rings (SSSR count). The van der Waals surface area contributed by atoms with Gasteiger partial charge in [0.25, 0.3) is 0 Å². The first-order valence-electron chi connectivity index (χ1n) is 6.17. The maximum Gasteiger partial charge on any atom is 0.116 e. The quantitative estimate of drug-likeness (QED) is 0.716. The van der Waals surface area contributed by atoms with E-state index in [-0.39, 0.29) is 0 Å². The van der Waals surface area contributed by atoms with Gasteiger partial charge in [0.2, 0.25) is 0 Å². The fourth-order valence-corrected chi connectivity index (χ4v) is 6.43. The van der Waals surface area contributed by atoms with Crippen LogP contribution in [-0.4, -0.2) is 12.3 Å². The molecule has 17 heavy (non-hydrogen) atoms. The second kappa shape index (κ2) is 6.20. The van der Waals surface area contributed by atoms with Gasteiger partial charge < -0.3 is 4.57 Å². The zero-order chi connectivity index (χ0) is 13.1. The lowest BCUT2D eigenvalue weighted by Crippen LogP contribution is -2.16. The van der Waals surface area contributed by atoms with Crippen molar-refractivity contribution in [2.24, 2.45) is 11.8 Å². The molecule has 1 aromatic carbocycles. The molecule has 0 N–H and O–H groups in total. The van der Waals surface area contributed by atoms with Gasteiger partial charge in [0, 0.05) is 22.1 Å². The van der Waals surface area contributed by atoms with Crippen LogP contribution in [-0.2, 0) is 4.57 Å². The summed E-state index contributed by atoms with van der Waals surface area (Å²) < 4.78 is 14.2. The average Bonchev–Trinajstić information content (AvgIpc) is 2.14. The van der Waals surface area contributed by atoms with Gasteiger partial charge in [-0.2, -0.15) is 0 Å². The van der Waals surface area contributed by atoms with Crippen molar-refractivity contribution in [2.45, 2.75) is 27.7 Å². The zero-order valence-corrected chi connectivity index (χ0v) is 13.6. The topological polar surface area (TPSA) is 17.1 Å². The maximum absolute atomic E-state index is 13.2. The molecule has 0 bridgehead atoms. The number of hydrogen-bond acceptors (Lipinski definition) is 1. The Kier molecular flexibility index (Phi) is 5.47. The van der Waals surface area contributed by atoms with E-state index >= 15 is 0 Å². The summed E-state index contributed by atoms with van der Waals surface area (Å²) in [5.74, 6) is 0.942. The van der Waals surface area contributed by atoms with E-state index in [2.05, 4.69) is 43.6 Å². The first-order chi connectivity index (χ1) is 7.83. The molecule has 0 amide bonds. The van der Waals surface area contributed by atoms with Gasteiger partial charge in [-0.1, -0.05) is 55.8 Å². The molecule has 3 heteroatoms. The predicted molar refractivity (Wildman–Crippen MR) is 80.8 cm³/mol. The fourth-order valence-electron chi connectivity index (χ4n) is 2.19. The van der Waals surface area contributed by atoms with Crippen molar-refractivity contribution >= 4 is 28.4 Å². The van der Waals surface area contributed by atoms with E-state index in [1.54, 1.807) is 0 Å². The lowest BCUT2D eigenvalue weighted by Gasteiger charge is -2.22. The summed E-state index contributed by atoms with van der Waals surface area (Å²) in [7, 11) is -2.24. The summed E-state index contributed by atoms with van der Waals surface area (Å²) in [6, 6.07) is 7.99. The smallest absolute Gasteiger partial charge is 0.116 e. The Bertz CT molecular complexity index is 398. The van der Waals surface area contributed by atoms with Gasteiger partial charge in [0.05, 0.1) is 0 Å². The van der Waals surface area contributed by atoms with E-state index < -0.39 is 7.14 Å². The third-order valence-corrected chi connectivity index (χ3v) is 6.95. The highest BCUT2D eigenvalue weighted by molar-refractivity contribution is 9.10. The molecule has 0 saturated carbocycles. The van der Waals surface area contributed by atoms with E-state index in [1.165, 1.54) is 0 Å². The van der Waals surface area contributed by atoms with Crippen molar-refractivity contribution < 1.29 is 4.57 Å². The van der Waals surface area contributed by atoms with Crippen molar-refractivity contribution in [3.8, 4) is 0 Å². The highest BCUT2D eigenvalue weighted by Crippen LogP contribution is 2.48. The Labute approximate surface area is 114 Å². The Morgan fingerprint density at radius 2 is 1.65 bits per heavy atom. The molecule has 0 spiro atoms. The van der Waals surface area contributed by atoms with Crippen LogP contribution < -0.4 is 5.30 Å². The van der Waals surface area contributed by atoms with E-state index in [0.29, 0.717) is 11.8 Å². The Morgan fingerprint density at radius 3 is 2.06 bits per heavy atom. The minimum Gasteiger partial charge on any atom is -0.319 e. The molecule has 0 fully saturated rings. The molecule has 0 heterocycles. The van der Waals surface area contributed by atoms with Gasteiger partial charge in [-0.3, -0.25) is 0 Å². The number of hydrogen-bond donors (Lipinski definition) is 0. The van der Waals surface area contributed by atoms with Crippen LogP contribution in [0.1, 0.15) is 27.7 Å². The van der Waals surface area contributed by atoms with Gasteiger partial charge in [-0.15, -0.1) is 0 Å². The molecule has 1 aromatic rings. The Hall–Kier alpha value is -0.0700. The molecule has 0 unspecified atom stereocenters. The zero-order valence-electron chi connectivity index (χ0n) is 11.1. The summed E-state index contributed by atoms with van der Waals surface area (Å²) in [4.78, 5) is 0. The first kappa shape index (κ1) is 15.0. The highest BCUT2D eigenvalue weighted by atomic mass is 79.9. The largest absolute Gasteiger partial charge is 0.319 e. The molecule has 96 valence electrons. The van der Waals surface area contributed by atoms with Gasteiger partial charge >= 0.3 is 0 Å². The van der Waals surface area contributed by atoms with E-state index in [0.717, 1.165) is 22.1 Å². The maximum atomic E-state index is 13.2. The molecule has 0 aliphatic rings. The molecule has 0 saturated heterocycles. The number of rotatable bonds is 5. The molecule has 0 radical (unpaired) electrons. The van der Waals surface area contributed by atoms with Crippen LogP contribution >= 0.6 is 23.1 Å². The van der Waals surface area contributed by atoms with Crippen molar-refractivity contribution in [1.82, 2.24) is 0 Å². The molecular formula is C14H22BrOP. The summed E-state index contributed by atoms with van der Waals surface area (Å²) in [6.07, 6.45) is 1.61. The Balaban J connectivity index is 3.09. The summed E-state index contributed by atoms with van der Waals surface area (Å²) in [6.45, 7) is 8.58. The lowest BCUT2D eigenvalue weighted by molar-refractivity contribution is 0.563. The van der Waals surface area contributed by atoms with Crippen molar-refractivity contribution in [3.05, 3.63) is 28.7 Å². The van der Waals surface area contributed by atoms with Crippen molar-refractivity contribution in [3.63, 3.8) is 0 Å². The van der Waals surface area contributed by atoms with Gasteiger partial charge in [-0.05, 0) is 24.0 Å². The fraction of sp³-hybridized carbons (Fsp3) is 0.571. The monoisotopic (exact) mass is 316 g/mol. The molecular weight excluding hydrogens is 295 g/mol. The minimum absolute atomic E-state index is 0.471. The van der Waals surface area contributed by atoms with E-state index in [9.17, 15) is 4.57 Å². The second-order valence-corrected chi connectivity index (χ2v) is 9.46. The van der Waals surface area contributed by atoms with Crippen molar-refractivity contribution in [2.75, 3.05) is 12.3 Å². The number of benzene rings is 1. The number of halogens is 1. The molecule has 1 nitrogen and oxygen atoms in total. The van der Waals surface area contributed by atoms with Gasteiger partial charge in [0.15, 0.2) is 0 Å². The molecule has 0 aromatic heterocycles. The molecule has 0 aliphatic carbocycles. The van der Waals surface area contributed by atoms with Crippen LogP contribution in [0, 0.1) is 11.8 Å². The summed E-state index contributed by atoms with van der Waals surface area (Å²) in [5.41, 5.74) is 0. The molecule has 0 atom stereocenters. The highest BCUT2D eigenvalue weighted by Gasteiger charge is 2.26. The van der Waals surface area contributed by atoms with Crippen LogP contribution in [0.2, 0.25) is 0 Å². The van der Waals surface area contributed by atoms with E-state index in [1.807, 2.05) is 24.3 Å². The van der Waals surface area contributed by atoms with E-state index in [4.69, 9.17) is 0 Å². The Morgan fingerprint density at radius 1 is 1.12 bits per heavy atom. The predicted octanol–water partition coefficient (Wildman–Crippen LogP) is 4.75. The van der Waals surface area contributed by atoms with Gasteiger partial charge in [-0.25, -0.2) is 0 Å². The SMILES string of the molecule is CC(C)CP(=O)(CC(C)C)c1cccc(Br)c1. The third-order valence-electron chi connectivity index (χ3n) is 2.60. The normalized spacial score (nSPS) is 12.4. The van der Waals surface area contributed by atoms with Gasteiger partial charge in [0.1, 0.15) is 7.14 Å². The van der Waals surface area contributed by atoms with Crippen LogP contribution in [0.15, 0.2) is 28.7 Å². The van der Waals surface area contributed by atoms with Crippen LogP contribution in [0.4, 0.5) is 0 Å². The van der Waals surface area contributed by atoms with Crippen LogP contribution in [0.5, 0.6) is 0 Å².